The fourth-order valence-electron chi connectivity index (χ4n) is 2.14. The summed E-state index contributed by atoms with van der Waals surface area (Å²) in [6.07, 6.45) is -2.70. The van der Waals surface area contributed by atoms with Gasteiger partial charge in [0.05, 0.1) is 11.2 Å². The largest absolute Gasteiger partial charge is 0.490 e. The Hall–Kier alpha value is -1.99. The Bertz CT molecular complexity index is 789. The molecule has 0 aliphatic carbocycles. The van der Waals surface area contributed by atoms with Gasteiger partial charge in [0.25, 0.3) is 0 Å². The zero-order chi connectivity index (χ0) is 20.2. The molecule has 27 heavy (non-hydrogen) atoms. The number of rotatable bonds is 7. The molecule has 0 bridgehead atoms. The average Bonchev–Trinajstić information content (AvgIpc) is 2.55. The Morgan fingerprint density at radius 2 is 1.93 bits per heavy atom. The number of ether oxygens (including phenoxy) is 2. The van der Waals surface area contributed by atoms with Crippen LogP contribution in [0.2, 0.25) is 5.02 Å². The van der Waals surface area contributed by atoms with Crippen LogP contribution in [-0.2, 0) is 12.6 Å². The molecule has 4 nitrogen and oxygen atoms in total. The second kappa shape index (κ2) is 8.35. The molecule has 1 radical (unpaired) electrons. The van der Waals surface area contributed by atoms with Crippen LogP contribution >= 0.6 is 11.6 Å². The minimum atomic E-state index is -4.54. The van der Waals surface area contributed by atoms with Crippen LogP contribution in [0.15, 0.2) is 30.5 Å². The van der Waals surface area contributed by atoms with Crippen LogP contribution in [0, 0.1) is 6.92 Å². The molecule has 147 valence electrons. The fraction of sp³-hybridized carbons (Fsp3) is 0.368. The highest BCUT2D eigenvalue weighted by Gasteiger charge is 2.32. The quantitative estimate of drug-likeness (QED) is 0.668. The highest BCUT2D eigenvalue weighted by Crippen LogP contribution is 2.36. The predicted octanol–water partition coefficient (Wildman–Crippen LogP) is 5.46. The standard InChI is InChI=1S/C19H20ClF3NO3/c1-4-5-12-6-7-14(26-11-18(2,3)25)9-16(12)27-17-15(20)8-13(10-24-17)19(21,22)23/h6-10,25H,1,4-5,11H2,2-3H3. The predicted molar refractivity (Wildman–Crippen MR) is 96.2 cm³/mol. The van der Waals surface area contributed by atoms with Gasteiger partial charge in [0.15, 0.2) is 0 Å². The summed E-state index contributed by atoms with van der Waals surface area (Å²) < 4.78 is 49.4. The molecule has 0 spiro atoms. The van der Waals surface area contributed by atoms with E-state index < -0.39 is 17.3 Å². The fourth-order valence-corrected chi connectivity index (χ4v) is 2.34. The smallest absolute Gasteiger partial charge is 0.417 e. The Morgan fingerprint density at radius 1 is 1.22 bits per heavy atom. The van der Waals surface area contributed by atoms with E-state index in [2.05, 4.69) is 11.9 Å². The summed E-state index contributed by atoms with van der Waals surface area (Å²) in [4.78, 5) is 3.69. The van der Waals surface area contributed by atoms with E-state index in [9.17, 15) is 18.3 Å². The van der Waals surface area contributed by atoms with Crippen LogP contribution in [-0.4, -0.2) is 22.3 Å². The number of pyridine rings is 1. The molecule has 0 unspecified atom stereocenters. The van der Waals surface area contributed by atoms with Crippen LogP contribution in [0.25, 0.3) is 0 Å². The van der Waals surface area contributed by atoms with Crippen molar-refractivity contribution in [3.05, 3.63) is 53.5 Å². The van der Waals surface area contributed by atoms with Gasteiger partial charge in [0.2, 0.25) is 5.88 Å². The van der Waals surface area contributed by atoms with Crippen molar-refractivity contribution in [3.63, 3.8) is 0 Å². The van der Waals surface area contributed by atoms with Crippen molar-refractivity contribution >= 4 is 11.6 Å². The van der Waals surface area contributed by atoms with E-state index >= 15 is 0 Å². The highest BCUT2D eigenvalue weighted by atomic mass is 35.5. The van der Waals surface area contributed by atoms with Gasteiger partial charge in [-0.1, -0.05) is 24.6 Å². The molecule has 0 saturated heterocycles. The van der Waals surface area contributed by atoms with E-state index in [4.69, 9.17) is 21.1 Å². The maximum absolute atomic E-state index is 12.7. The van der Waals surface area contributed by atoms with Gasteiger partial charge in [-0.3, -0.25) is 0 Å². The molecule has 1 aromatic heterocycles. The summed E-state index contributed by atoms with van der Waals surface area (Å²) in [7, 11) is 0. The number of aliphatic hydroxyl groups is 1. The van der Waals surface area contributed by atoms with Crippen LogP contribution in [0.1, 0.15) is 31.4 Å². The topological polar surface area (TPSA) is 51.6 Å². The number of aryl methyl sites for hydroxylation is 1. The van der Waals surface area contributed by atoms with E-state index in [0.29, 0.717) is 30.5 Å². The lowest BCUT2D eigenvalue weighted by Gasteiger charge is -2.19. The lowest BCUT2D eigenvalue weighted by molar-refractivity contribution is -0.137. The Morgan fingerprint density at radius 3 is 2.48 bits per heavy atom. The van der Waals surface area contributed by atoms with Crippen molar-refractivity contribution in [1.29, 1.82) is 0 Å². The number of hydrogen-bond donors (Lipinski definition) is 1. The molecular formula is C19H20ClF3NO3. The van der Waals surface area contributed by atoms with Crippen molar-refractivity contribution in [2.24, 2.45) is 0 Å². The zero-order valence-corrected chi connectivity index (χ0v) is 15.7. The first-order chi connectivity index (χ1) is 12.5. The Labute approximate surface area is 160 Å². The van der Waals surface area contributed by atoms with E-state index in [1.165, 1.54) is 0 Å². The minimum absolute atomic E-state index is 0.0560. The first-order valence-electron chi connectivity index (χ1n) is 8.17. The molecule has 2 rings (SSSR count). The van der Waals surface area contributed by atoms with Crippen molar-refractivity contribution in [2.75, 3.05) is 6.61 Å². The van der Waals surface area contributed by atoms with Crippen LogP contribution in [0.3, 0.4) is 0 Å². The minimum Gasteiger partial charge on any atom is -0.490 e. The van der Waals surface area contributed by atoms with Gasteiger partial charge < -0.3 is 14.6 Å². The van der Waals surface area contributed by atoms with Crippen LogP contribution in [0.4, 0.5) is 13.2 Å². The van der Waals surface area contributed by atoms with E-state index in [0.717, 1.165) is 11.6 Å². The van der Waals surface area contributed by atoms with E-state index in [1.807, 2.05) is 0 Å². The average molecular weight is 403 g/mol. The highest BCUT2D eigenvalue weighted by molar-refractivity contribution is 6.31. The zero-order valence-electron chi connectivity index (χ0n) is 14.9. The van der Waals surface area contributed by atoms with Gasteiger partial charge in [-0.05, 0) is 44.4 Å². The van der Waals surface area contributed by atoms with Gasteiger partial charge in [-0.15, -0.1) is 0 Å². The molecule has 0 fully saturated rings. The summed E-state index contributed by atoms with van der Waals surface area (Å²) in [6, 6.07) is 5.82. The summed E-state index contributed by atoms with van der Waals surface area (Å²) in [5, 5.41) is 9.51. The Balaban J connectivity index is 2.30. The summed E-state index contributed by atoms with van der Waals surface area (Å²) >= 11 is 5.91. The first kappa shape index (κ1) is 21.3. The maximum Gasteiger partial charge on any atom is 0.417 e. The third-order valence-corrected chi connectivity index (χ3v) is 3.69. The van der Waals surface area contributed by atoms with Crippen LogP contribution < -0.4 is 9.47 Å². The van der Waals surface area contributed by atoms with E-state index in [1.54, 1.807) is 32.0 Å². The lowest BCUT2D eigenvalue weighted by Crippen LogP contribution is -2.27. The third-order valence-electron chi connectivity index (χ3n) is 3.42. The summed E-state index contributed by atoms with van der Waals surface area (Å²) in [5.74, 6) is 0.638. The molecule has 0 saturated carbocycles. The molecule has 0 amide bonds. The lowest BCUT2D eigenvalue weighted by atomic mass is 10.1. The number of hydrogen-bond acceptors (Lipinski definition) is 4. The second-order valence-corrected chi connectivity index (χ2v) is 6.99. The normalized spacial score (nSPS) is 12.1. The van der Waals surface area contributed by atoms with Gasteiger partial charge in [0, 0.05) is 12.3 Å². The number of nitrogens with zero attached hydrogens (tertiary/aromatic N) is 1. The first-order valence-corrected chi connectivity index (χ1v) is 8.55. The molecule has 0 atom stereocenters. The molecule has 1 N–H and O–H groups in total. The summed E-state index contributed by atoms with van der Waals surface area (Å²) in [6.45, 7) is 7.05. The molecule has 0 aliphatic rings. The molecule has 8 heteroatoms. The molecular weight excluding hydrogens is 383 g/mol. The van der Waals surface area contributed by atoms with Crippen LogP contribution in [0.5, 0.6) is 17.4 Å². The monoisotopic (exact) mass is 402 g/mol. The molecule has 1 aromatic carbocycles. The number of halogens is 4. The van der Waals surface area contributed by atoms with E-state index in [-0.39, 0.29) is 17.5 Å². The van der Waals surface area contributed by atoms with Gasteiger partial charge >= 0.3 is 6.18 Å². The number of benzene rings is 1. The Kier molecular flexibility index (Phi) is 6.59. The number of alkyl halides is 3. The SMILES string of the molecule is [CH2]CCc1ccc(OCC(C)(C)O)cc1Oc1ncc(C(F)(F)F)cc1Cl. The maximum atomic E-state index is 12.7. The van der Waals surface area contributed by atoms with Crippen molar-refractivity contribution in [3.8, 4) is 17.4 Å². The van der Waals surface area contributed by atoms with Crippen molar-refractivity contribution < 1.29 is 27.8 Å². The second-order valence-electron chi connectivity index (χ2n) is 6.58. The van der Waals surface area contributed by atoms with Crippen molar-refractivity contribution in [2.45, 2.75) is 38.5 Å². The third kappa shape index (κ3) is 6.29. The number of aromatic nitrogens is 1. The summed E-state index contributed by atoms with van der Waals surface area (Å²) in [5.41, 5.74) is -1.20. The molecule has 1 heterocycles. The van der Waals surface area contributed by atoms with Crippen molar-refractivity contribution in [1.82, 2.24) is 4.98 Å². The van der Waals surface area contributed by atoms with Gasteiger partial charge in [-0.25, -0.2) is 4.98 Å². The molecule has 0 aliphatic heterocycles. The molecule has 2 aromatic rings. The van der Waals surface area contributed by atoms with Gasteiger partial charge in [0.1, 0.15) is 23.1 Å². The van der Waals surface area contributed by atoms with Gasteiger partial charge in [-0.2, -0.15) is 13.2 Å².